The van der Waals surface area contributed by atoms with Crippen molar-refractivity contribution in [3.05, 3.63) is 23.8 Å². The lowest BCUT2D eigenvalue weighted by molar-refractivity contribution is 0.00951. The fourth-order valence-corrected chi connectivity index (χ4v) is 2.80. The average Bonchev–Trinajstić information content (AvgIpc) is 2.46. The maximum absolute atomic E-state index is 12.4. The van der Waals surface area contributed by atoms with Gasteiger partial charge in [0.15, 0.2) is 5.78 Å². The average molecular weight is 258 g/mol. The summed E-state index contributed by atoms with van der Waals surface area (Å²) in [6, 6.07) is 2.37. The second kappa shape index (κ2) is 5.03. The van der Waals surface area contributed by atoms with Crippen LogP contribution in [0.1, 0.15) is 29.0 Å². The van der Waals surface area contributed by atoms with Crippen molar-refractivity contribution in [1.29, 1.82) is 5.26 Å². The zero-order valence-corrected chi connectivity index (χ0v) is 10.4. The van der Waals surface area contributed by atoms with E-state index in [-0.39, 0.29) is 29.6 Å². The van der Waals surface area contributed by atoms with Gasteiger partial charge in [0.1, 0.15) is 6.07 Å². The normalized spacial score (nSPS) is 29.5. The summed E-state index contributed by atoms with van der Waals surface area (Å²) < 4.78 is 5.47. The predicted molar refractivity (Wildman–Crippen MR) is 65.3 cm³/mol. The highest BCUT2D eigenvalue weighted by atomic mass is 16.5. The Morgan fingerprint density at radius 2 is 1.95 bits per heavy atom. The molecule has 2 atom stereocenters. The number of rotatable bonds is 2. The first-order valence-corrected chi connectivity index (χ1v) is 6.36. The SMILES string of the molecule is N#Cc1ncc(C(=O)C2CC3COCC(C2)N3)cn1. The van der Waals surface area contributed by atoms with Crippen molar-refractivity contribution in [2.45, 2.75) is 24.9 Å². The van der Waals surface area contributed by atoms with E-state index in [2.05, 4.69) is 15.3 Å². The van der Waals surface area contributed by atoms with E-state index in [1.54, 1.807) is 0 Å². The van der Waals surface area contributed by atoms with Gasteiger partial charge in [-0.05, 0) is 12.8 Å². The summed E-state index contributed by atoms with van der Waals surface area (Å²) in [6.07, 6.45) is 4.47. The van der Waals surface area contributed by atoms with Crippen LogP contribution in [0.15, 0.2) is 12.4 Å². The molecular weight excluding hydrogens is 244 g/mol. The summed E-state index contributed by atoms with van der Waals surface area (Å²) in [5.74, 6) is 0.159. The molecule has 2 aliphatic rings. The third kappa shape index (κ3) is 2.48. The quantitative estimate of drug-likeness (QED) is 0.767. The molecule has 2 unspecified atom stereocenters. The first-order chi connectivity index (χ1) is 9.26. The number of Topliss-reactive ketones (excluding diaryl/α,β-unsaturated/α-hetero) is 1. The van der Waals surface area contributed by atoms with Crippen molar-refractivity contribution in [1.82, 2.24) is 15.3 Å². The van der Waals surface area contributed by atoms with E-state index >= 15 is 0 Å². The summed E-state index contributed by atoms with van der Waals surface area (Å²) in [5.41, 5.74) is 0.491. The summed E-state index contributed by atoms with van der Waals surface area (Å²) >= 11 is 0. The van der Waals surface area contributed by atoms with Gasteiger partial charge in [0.05, 0.1) is 18.8 Å². The number of ether oxygens (including phenoxy) is 1. The lowest BCUT2D eigenvalue weighted by atomic mass is 9.82. The van der Waals surface area contributed by atoms with Gasteiger partial charge in [-0.15, -0.1) is 0 Å². The molecule has 2 bridgehead atoms. The van der Waals surface area contributed by atoms with E-state index in [1.165, 1.54) is 12.4 Å². The Balaban J connectivity index is 1.74. The van der Waals surface area contributed by atoms with Gasteiger partial charge in [-0.25, -0.2) is 9.97 Å². The van der Waals surface area contributed by atoms with E-state index in [0.29, 0.717) is 18.8 Å². The molecule has 1 N–H and O–H groups in total. The van der Waals surface area contributed by atoms with Crippen LogP contribution in [-0.2, 0) is 4.74 Å². The fourth-order valence-electron chi connectivity index (χ4n) is 2.80. The van der Waals surface area contributed by atoms with Gasteiger partial charge in [0, 0.05) is 30.4 Å². The third-order valence-corrected chi connectivity index (χ3v) is 3.65. The molecule has 0 radical (unpaired) electrons. The highest BCUT2D eigenvalue weighted by Crippen LogP contribution is 2.26. The number of hydrogen-bond acceptors (Lipinski definition) is 6. The van der Waals surface area contributed by atoms with Crippen molar-refractivity contribution in [3.8, 4) is 6.07 Å². The number of carbonyl (C=O) groups excluding carboxylic acids is 1. The summed E-state index contributed by atoms with van der Waals surface area (Å²) in [4.78, 5) is 20.1. The van der Waals surface area contributed by atoms with Gasteiger partial charge >= 0.3 is 0 Å². The van der Waals surface area contributed by atoms with Crippen molar-refractivity contribution in [3.63, 3.8) is 0 Å². The van der Waals surface area contributed by atoms with E-state index in [4.69, 9.17) is 10.00 Å². The molecule has 0 spiro atoms. The zero-order chi connectivity index (χ0) is 13.2. The number of piperidine rings is 1. The van der Waals surface area contributed by atoms with Gasteiger partial charge in [0.2, 0.25) is 5.82 Å². The molecule has 6 heteroatoms. The number of fused-ring (bicyclic) bond motifs is 2. The number of aromatic nitrogens is 2. The monoisotopic (exact) mass is 258 g/mol. The predicted octanol–water partition coefficient (Wildman–Crippen LogP) is 0.298. The van der Waals surface area contributed by atoms with Crippen LogP contribution >= 0.6 is 0 Å². The minimum atomic E-state index is -0.00307. The second-order valence-electron chi connectivity index (χ2n) is 5.04. The molecule has 2 aliphatic heterocycles. The largest absolute Gasteiger partial charge is 0.378 e. The van der Waals surface area contributed by atoms with Crippen molar-refractivity contribution >= 4 is 5.78 Å². The van der Waals surface area contributed by atoms with Crippen LogP contribution in [0.25, 0.3) is 0 Å². The Labute approximate surface area is 110 Å². The van der Waals surface area contributed by atoms with Gasteiger partial charge in [-0.3, -0.25) is 4.79 Å². The molecule has 0 amide bonds. The van der Waals surface area contributed by atoms with Gasteiger partial charge in [-0.1, -0.05) is 0 Å². The topological polar surface area (TPSA) is 87.9 Å². The van der Waals surface area contributed by atoms with Crippen LogP contribution in [0, 0.1) is 17.2 Å². The number of nitrogens with zero attached hydrogens (tertiary/aromatic N) is 3. The van der Waals surface area contributed by atoms with Crippen LogP contribution in [0.5, 0.6) is 0 Å². The Bertz CT molecular complexity index is 510. The molecule has 2 saturated heterocycles. The molecule has 3 heterocycles. The first-order valence-electron chi connectivity index (χ1n) is 6.36. The summed E-state index contributed by atoms with van der Waals surface area (Å²) in [6.45, 7) is 1.34. The van der Waals surface area contributed by atoms with Gasteiger partial charge < -0.3 is 10.1 Å². The number of nitrogens with one attached hydrogen (secondary N) is 1. The van der Waals surface area contributed by atoms with Crippen LogP contribution in [0.4, 0.5) is 0 Å². The fraction of sp³-hybridized carbons (Fsp3) is 0.538. The van der Waals surface area contributed by atoms with E-state index in [9.17, 15) is 4.79 Å². The van der Waals surface area contributed by atoms with E-state index < -0.39 is 0 Å². The lowest BCUT2D eigenvalue weighted by Gasteiger charge is -2.39. The van der Waals surface area contributed by atoms with Crippen molar-refractivity contribution in [2.75, 3.05) is 13.2 Å². The Morgan fingerprint density at radius 3 is 2.53 bits per heavy atom. The Kier molecular flexibility index (Phi) is 3.23. The van der Waals surface area contributed by atoms with Gasteiger partial charge in [-0.2, -0.15) is 5.26 Å². The Hall–Kier alpha value is -1.84. The number of carbonyl (C=O) groups is 1. The molecule has 19 heavy (non-hydrogen) atoms. The van der Waals surface area contributed by atoms with Crippen molar-refractivity contribution < 1.29 is 9.53 Å². The zero-order valence-electron chi connectivity index (χ0n) is 10.4. The highest BCUT2D eigenvalue weighted by molar-refractivity contribution is 5.97. The number of ketones is 1. The Morgan fingerprint density at radius 1 is 1.32 bits per heavy atom. The van der Waals surface area contributed by atoms with Crippen LogP contribution in [-0.4, -0.2) is 41.0 Å². The molecule has 0 aliphatic carbocycles. The van der Waals surface area contributed by atoms with Crippen molar-refractivity contribution in [2.24, 2.45) is 5.92 Å². The van der Waals surface area contributed by atoms with Crippen LogP contribution in [0.2, 0.25) is 0 Å². The summed E-state index contributed by atoms with van der Waals surface area (Å²) in [5, 5.41) is 12.1. The maximum atomic E-state index is 12.4. The van der Waals surface area contributed by atoms with E-state index in [1.807, 2.05) is 6.07 Å². The lowest BCUT2D eigenvalue weighted by Crippen LogP contribution is -2.55. The maximum Gasteiger partial charge on any atom is 0.232 e. The summed E-state index contributed by atoms with van der Waals surface area (Å²) in [7, 11) is 0. The standard InChI is InChI=1S/C13H14N4O2/c14-3-12-15-4-9(5-16-12)13(18)8-1-10-6-19-7-11(2-8)17-10/h4-5,8,10-11,17H,1-2,6-7H2. The minimum Gasteiger partial charge on any atom is -0.378 e. The second-order valence-corrected chi connectivity index (χ2v) is 5.04. The molecule has 1 aromatic rings. The third-order valence-electron chi connectivity index (χ3n) is 3.65. The molecule has 0 aromatic carbocycles. The molecule has 0 saturated carbocycles. The van der Waals surface area contributed by atoms with Crippen LogP contribution < -0.4 is 5.32 Å². The number of hydrogen-bond donors (Lipinski definition) is 1. The molecule has 1 aromatic heterocycles. The molecule has 6 nitrogen and oxygen atoms in total. The van der Waals surface area contributed by atoms with E-state index in [0.717, 1.165) is 12.8 Å². The first kappa shape index (κ1) is 12.2. The molecule has 3 rings (SSSR count). The van der Waals surface area contributed by atoms with Gasteiger partial charge in [0.25, 0.3) is 0 Å². The molecule has 2 fully saturated rings. The highest BCUT2D eigenvalue weighted by Gasteiger charge is 2.35. The smallest absolute Gasteiger partial charge is 0.232 e. The number of morpholine rings is 1. The number of nitriles is 1. The minimum absolute atomic E-state index is 0.00307. The van der Waals surface area contributed by atoms with Crippen LogP contribution in [0.3, 0.4) is 0 Å². The molecular formula is C13H14N4O2. The molecule has 98 valence electrons.